The van der Waals surface area contributed by atoms with Crippen molar-refractivity contribution in [2.24, 2.45) is 5.92 Å². The van der Waals surface area contributed by atoms with Crippen LogP contribution in [0.15, 0.2) is 23.1 Å². The quantitative estimate of drug-likeness (QED) is 0.882. The normalized spacial score (nSPS) is 22.8. The number of carbonyl (C=O) groups excluding carboxylic acids is 1. The molecule has 0 saturated carbocycles. The highest BCUT2D eigenvalue weighted by atomic mass is 32.2. The van der Waals surface area contributed by atoms with Gasteiger partial charge in [-0.1, -0.05) is 6.07 Å². The largest absolute Gasteiger partial charge is 0.326 e. The Bertz CT molecular complexity index is 625. The van der Waals surface area contributed by atoms with Gasteiger partial charge in [-0.05, 0) is 44.5 Å². The lowest BCUT2D eigenvalue weighted by Crippen LogP contribution is -2.32. The summed E-state index contributed by atoms with van der Waals surface area (Å²) in [6, 6.07) is 4.94. The van der Waals surface area contributed by atoms with Crippen molar-refractivity contribution in [3.63, 3.8) is 0 Å². The number of benzene rings is 1. The molecule has 2 rings (SSSR count). The molecule has 110 valence electrons. The van der Waals surface area contributed by atoms with Crippen LogP contribution in [-0.4, -0.2) is 33.2 Å². The van der Waals surface area contributed by atoms with Gasteiger partial charge in [-0.2, -0.15) is 0 Å². The molecule has 5 nitrogen and oxygen atoms in total. The molecule has 0 aromatic heterocycles. The summed E-state index contributed by atoms with van der Waals surface area (Å²) in [5, 5.41) is 6.08. The highest BCUT2D eigenvalue weighted by Gasteiger charge is 2.29. The lowest BCUT2D eigenvalue weighted by molar-refractivity contribution is -0.120. The minimum Gasteiger partial charge on any atom is -0.326 e. The highest BCUT2D eigenvalue weighted by Crippen LogP contribution is 2.23. The Balaban J connectivity index is 2.22. The van der Waals surface area contributed by atoms with E-state index in [0.717, 1.165) is 24.8 Å². The Morgan fingerprint density at radius 3 is 2.65 bits per heavy atom. The standard InChI is InChI=1S/C14H20N2O3S/c1-9-4-5-11(20(3,18)19)8-13(9)16-14(17)12-6-7-15-10(12)2/h4-5,8,10,12,15H,6-7H2,1-3H3,(H,16,17). The molecule has 0 aliphatic carbocycles. The molecule has 2 unspecified atom stereocenters. The zero-order valence-corrected chi connectivity index (χ0v) is 12.8. The van der Waals surface area contributed by atoms with Gasteiger partial charge >= 0.3 is 0 Å². The molecule has 1 aliphatic heterocycles. The minimum absolute atomic E-state index is 0.0590. The van der Waals surface area contributed by atoms with Crippen LogP contribution < -0.4 is 10.6 Å². The summed E-state index contributed by atoms with van der Waals surface area (Å²) in [6.07, 6.45) is 1.96. The van der Waals surface area contributed by atoms with Gasteiger partial charge in [0.1, 0.15) is 0 Å². The van der Waals surface area contributed by atoms with E-state index in [1.54, 1.807) is 12.1 Å². The van der Waals surface area contributed by atoms with Crippen LogP contribution >= 0.6 is 0 Å². The third-order valence-electron chi connectivity index (χ3n) is 3.76. The molecule has 1 aliphatic rings. The number of carbonyl (C=O) groups is 1. The molecule has 1 heterocycles. The number of nitrogens with one attached hydrogen (secondary N) is 2. The van der Waals surface area contributed by atoms with Crippen LogP contribution in [0.4, 0.5) is 5.69 Å². The summed E-state index contributed by atoms with van der Waals surface area (Å²) >= 11 is 0. The molecule has 0 bridgehead atoms. The molecule has 2 N–H and O–H groups in total. The summed E-state index contributed by atoms with van der Waals surface area (Å²) < 4.78 is 23.1. The molecular formula is C14H20N2O3S. The average Bonchev–Trinajstić information content (AvgIpc) is 2.77. The Kier molecular flexibility index (Phi) is 4.15. The van der Waals surface area contributed by atoms with Gasteiger partial charge in [0.15, 0.2) is 9.84 Å². The van der Waals surface area contributed by atoms with Gasteiger partial charge in [-0.25, -0.2) is 8.42 Å². The monoisotopic (exact) mass is 296 g/mol. The maximum atomic E-state index is 12.2. The van der Waals surface area contributed by atoms with Gasteiger partial charge in [-0.3, -0.25) is 4.79 Å². The molecule has 2 atom stereocenters. The lowest BCUT2D eigenvalue weighted by atomic mass is 10.0. The summed E-state index contributed by atoms with van der Waals surface area (Å²) in [5.74, 6) is -0.132. The van der Waals surface area contributed by atoms with Crippen molar-refractivity contribution in [1.82, 2.24) is 5.32 Å². The van der Waals surface area contributed by atoms with Gasteiger partial charge < -0.3 is 10.6 Å². The number of amides is 1. The number of sulfone groups is 1. The Morgan fingerprint density at radius 2 is 2.10 bits per heavy atom. The lowest BCUT2D eigenvalue weighted by Gasteiger charge is -2.16. The molecular weight excluding hydrogens is 276 g/mol. The molecule has 1 aromatic rings. The van der Waals surface area contributed by atoms with Crippen LogP contribution in [0, 0.1) is 12.8 Å². The second kappa shape index (κ2) is 5.54. The highest BCUT2D eigenvalue weighted by molar-refractivity contribution is 7.90. The first-order valence-corrected chi connectivity index (χ1v) is 8.53. The fourth-order valence-corrected chi connectivity index (χ4v) is 3.06. The fourth-order valence-electron chi connectivity index (χ4n) is 2.41. The molecule has 0 radical (unpaired) electrons. The van der Waals surface area contributed by atoms with Gasteiger partial charge in [0.05, 0.1) is 10.8 Å². The van der Waals surface area contributed by atoms with Crippen molar-refractivity contribution in [3.8, 4) is 0 Å². The first-order chi connectivity index (χ1) is 9.29. The van der Waals surface area contributed by atoms with E-state index in [0.29, 0.717) is 5.69 Å². The van der Waals surface area contributed by atoms with Crippen molar-refractivity contribution in [2.75, 3.05) is 18.1 Å². The summed E-state index contributed by atoms with van der Waals surface area (Å²) in [7, 11) is -3.27. The molecule has 0 spiro atoms. The zero-order chi connectivity index (χ0) is 14.9. The molecule has 1 saturated heterocycles. The second-order valence-electron chi connectivity index (χ2n) is 5.38. The van der Waals surface area contributed by atoms with Gasteiger partial charge in [0.25, 0.3) is 0 Å². The molecule has 20 heavy (non-hydrogen) atoms. The number of hydrogen-bond donors (Lipinski definition) is 2. The Morgan fingerprint density at radius 1 is 1.40 bits per heavy atom. The first kappa shape index (κ1) is 15.0. The third kappa shape index (κ3) is 3.19. The van der Waals surface area contributed by atoms with Crippen molar-refractivity contribution in [1.29, 1.82) is 0 Å². The minimum atomic E-state index is -3.27. The van der Waals surface area contributed by atoms with E-state index >= 15 is 0 Å². The summed E-state index contributed by atoms with van der Waals surface area (Å²) in [5.41, 5.74) is 1.42. The zero-order valence-electron chi connectivity index (χ0n) is 11.9. The summed E-state index contributed by atoms with van der Waals surface area (Å²) in [4.78, 5) is 12.5. The molecule has 1 amide bonds. The van der Waals surface area contributed by atoms with E-state index < -0.39 is 9.84 Å². The topological polar surface area (TPSA) is 75.3 Å². The number of aryl methyl sites for hydroxylation is 1. The predicted molar refractivity (Wildman–Crippen MR) is 78.5 cm³/mol. The SMILES string of the molecule is Cc1ccc(S(C)(=O)=O)cc1NC(=O)C1CCNC1C. The number of anilines is 1. The third-order valence-corrected chi connectivity index (χ3v) is 4.87. The van der Waals surface area contributed by atoms with Crippen LogP contribution in [-0.2, 0) is 14.6 Å². The van der Waals surface area contributed by atoms with Gasteiger partial charge in [0, 0.05) is 18.0 Å². The van der Waals surface area contributed by atoms with E-state index in [4.69, 9.17) is 0 Å². The first-order valence-electron chi connectivity index (χ1n) is 6.64. The van der Waals surface area contributed by atoms with Crippen molar-refractivity contribution in [3.05, 3.63) is 23.8 Å². The molecule has 1 fully saturated rings. The Labute approximate surface area is 119 Å². The van der Waals surface area contributed by atoms with Crippen LogP contribution in [0.5, 0.6) is 0 Å². The molecule has 1 aromatic carbocycles. The van der Waals surface area contributed by atoms with E-state index in [2.05, 4.69) is 10.6 Å². The average molecular weight is 296 g/mol. The van der Waals surface area contributed by atoms with Gasteiger partial charge in [-0.15, -0.1) is 0 Å². The van der Waals surface area contributed by atoms with Crippen LogP contribution in [0.25, 0.3) is 0 Å². The van der Waals surface area contributed by atoms with E-state index in [9.17, 15) is 13.2 Å². The van der Waals surface area contributed by atoms with Crippen LogP contribution in [0.1, 0.15) is 18.9 Å². The number of rotatable bonds is 3. The maximum absolute atomic E-state index is 12.2. The van der Waals surface area contributed by atoms with Crippen LogP contribution in [0.3, 0.4) is 0 Å². The Hall–Kier alpha value is -1.40. The predicted octanol–water partition coefficient (Wildman–Crippen LogP) is 1.34. The van der Waals surface area contributed by atoms with Crippen molar-refractivity contribution in [2.45, 2.75) is 31.2 Å². The summed E-state index contributed by atoms with van der Waals surface area (Å²) in [6.45, 7) is 4.66. The molecule has 6 heteroatoms. The smallest absolute Gasteiger partial charge is 0.229 e. The van der Waals surface area contributed by atoms with E-state index in [1.165, 1.54) is 6.07 Å². The van der Waals surface area contributed by atoms with E-state index in [1.807, 2.05) is 13.8 Å². The van der Waals surface area contributed by atoms with Crippen LogP contribution in [0.2, 0.25) is 0 Å². The second-order valence-corrected chi connectivity index (χ2v) is 7.39. The fraction of sp³-hybridized carbons (Fsp3) is 0.500. The van der Waals surface area contributed by atoms with E-state index in [-0.39, 0.29) is 22.8 Å². The maximum Gasteiger partial charge on any atom is 0.229 e. The number of hydrogen-bond acceptors (Lipinski definition) is 4. The van der Waals surface area contributed by atoms with Crippen molar-refractivity contribution >= 4 is 21.4 Å². The van der Waals surface area contributed by atoms with Crippen molar-refractivity contribution < 1.29 is 13.2 Å². The van der Waals surface area contributed by atoms with Gasteiger partial charge in [0.2, 0.25) is 5.91 Å².